The van der Waals surface area contributed by atoms with Gasteiger partial charge in [0, 0.05) is 19.3 Å². The molecule has 0 fully saturated rings. The van der Waals surface area contributed by atoms with Crippen LogP contribution in [0.15, 0.2) is 146 Å². The largest absolute Gasteiger partial charge is 0.462 e. The fourth-order valence-electron chi connectivity index (χ4n) is 6.18. The van der Waals surface area contributed by atoms with Crippen molar-refractivity contribution in [1.82, 2.24) is 0 Å². The van der Waals surface area contributed by atoms with Crippen molar-refractivity contribution in [1.29, 1.82) is 0 Å². The summed E-state index contributed by atoms with van der Waals surface area (Å²) in [4.78, 5) is 37.9. The van der Waals surface area contributed by atoms with Crippen LogP contribution in [0.5, 0.6) is 0 Å². The van der Waals surface area contributed by atoms with Crippen LogP contribution in [0.2, 0.25) is 0 Å². The van der Waals surface area contributed by atoms with E-state index in [0.29, 0.717) is 19.3 Å². The summed E-state index contributed by atoms with van der Waals surface area (Å²) >= 11 is 0. The van der Waals surface area contributed by atoms with Crippen molar-refractivity contribution in [3.05, 3.63) is 146 Å². The van der Waals surface area contributed by atoms with Crippen molar-refractivity contribution in [2.24, 2.45) is 0 Å². The van der Waals surface area contributed by atoms with Gasteiger partial charge in [-0.3, -0.25) is 14.4 Å². The number of carbonyl (C=O) groups is 3. The van der Waals surface area contributed by atoms with E-state index in [1.807, 2.05) is 60.8 Å². The van der Waals surface area contributed by atoms with Gasteiger partial charge in [0.05, 0.1) is 0 Å². The highest BCUT2D eigenvalue weighted by Crippen LogP contribution is 2.12. The Balaban J connectivity index is 4.57. The van der Waals surface area contributed by atoms with E-state index in [-0.39, 0.29) is 37.5 Å². The second-order valence-electron chi connectivity index (χ2n) is 16.1. The Morgan fingerprint density at radius 1 is 0.338 bits per heavy atom. The number of hydrogen-bond acceptors (Lipinski definition) is 6. The van der Waals surface area contributed by atoms with Crippen molar-refractivity contribution in [3.8, 4) is 0 Å². The zero-order valence-corrected chi connectivity index (χ0v) is 41.2. The van der Waals surface area contributed by atoms with Crippen LogP contribution in [-0.4, -0.2) is 37.2 Å². The SMILES string of the molecule is CC\C=C/C=C\C=C/C=C\C=C\C=C/CCCCCC(=O)OC(COC(=O)CCCCC/C=C\C/C=C\C/C=C\C/C=C\C/C=C\CC)COC(=O)CCCCCCC/C=C\CCCC. The quantitative estimate of drug-likeness (QED) is 0.0199. The van der Waals surface area contributed by atoms with E-state index in [1.165, 1.54) is 25.7 Å². The molecule has 1 atom stereocenters. The van der Waals surface area contributed by atoms with Crippen LogP contribution in [0, 0.1) is 0 Å². The van der Waals surface area contributed by atoms with Gasteiger partial charge in [-0.25, -0.2) is 0 Å². The molecule has 0 aliphatic carbocycles. The minimum Gasteiger partial charge on any atom is -0.462 e. The summed E-state index contributed by atoms with van der Waals surface area (Å²) in [5.74, 6) is -1.02. The lowest BCUT2D eigenvalue weighted by atomic mass is 10.1. The third-order valence-electron chi connectivity index (χ3n) is 9.97. The maximum atomic E-state index is 12.8. The maximum Gasteiger partial charge on any atom is 0.306 e. The molecule has 0 aromatic carbocycles. The molecular weight excluding hydrogens is 805 g/mol. The van der Waals surface area contributed by atoms with Crippen LogP contribution >= 0.6 is 0 Å². The molecule has 0 spiro atoms. The van der Waals surface area contributed by atoms with E-state index < -0.39 is 6.10 Å². The van der Waals surface area contributed by atoms with Crippen molar-refractivity contribution < 1.29 is 28.6 Å². The average molecular weight is 895 g/mol. The monoisotopic (exact) mass is 895 g/mol. The molecule has 65 heavy (non-hydrogen) atoms. The fourth-order valence-corrected chi connectivity index (χ4v) is 6.18. The summed E-state index contributed by atoms with van der Waals surface area (Å²) in [5, 5.41) is 0. The molecule has 0 rings (SSSR count). The molecule has 0 saturated heterocycles. The zero-order valence-electron chi connectivity index (χ0n) is 41.2. The summed E-state index contributed by atoms with van der Waals surface area (Å²) in [6.07, 6.45) is 74.0. The minimum absolute atomic E-state index is 0.118. The van der Waals surface area contributed by atoms with Crippen LogP contribution in [0.3, 0.4) is 0 Å². The highest BCUT2D eigenvalue weighted by Gasteiger charge is 2.19. The van der Waals surface area contributed by atoms with Gasteiger partial charge in [-0.2, -0.15) is 0 Å². The molecular formula is C59H90O6. The highest BCUT2D eigenvalue weighted by molar-refractivity contribution is 5.71. The first kappa shape index (κ1) is 60.3. The van der Waals surface area contributed by atoms with Crippen LogP contribution in [0.25, 0.3) is 0 Å². The lowest BCUT2D eigenvalue weighted by molar-refractivity contribution is -0.167. The summed E-state index contributed by atoms with van der Waals surface area (Å²) in [5.41, 5.74) is 0. The van der Waals surface area contributed by atoms with Crippen molar-refractivity contribution in [3.63, 3.8) is 0 Å². The Morgan fingerprint density at radius 3 is 1.15 bits per heavy atom. The van der Waals surface area contributed by atoms with Crippen LogP contribution in [0.1, 0.15) is 188 Å². The number of esters is 3. The summed E-state index contributed by atoms with van der Waals surface area (Å²) in [7, 11) is 0. The molecule has 0 aromatic rings. The predicted molar refractivity (Wildman–Crippen MR) is 279 cm³/mol. The topological polar surface area (TPSA) is 78.9 Å². The summed E-state index contributed by atoms with van der Waals surface area (Å²) in [6, 6.07) is 0. The summed E-state index contributed by atoms with van der Waals surface area (Å²) < 4.78 is 16.7. The predicted octanol–water partition coefficient (Wildman–Crippen LogP) is 16.9. The first-order valence-electron chi connectivity index (χ1n) is 25.4. The van der Waals surface area contributed by atoms with E-state index in [2.05, 4.69) is 106 Å². The molecule has 0 saturated carbocycles. The molecule has 6 heteroatoms. The van der Waals surface area contributed by atoms with E-state index in [9.17, 15) is 14.4 Å². The molecule has 1 unspecified atom stereocenters. The molecule has 0 aromatic heterocycles. The smallest absolute Gasteiger partial charge is 0.306 e. The Bertz CT molecular complexity index is 1490. The Hall–Kier alpha value is -4.71. The third-order valence-corrected chi connectivity index (χ3v) is 9.97. The molecule has 0 N–H and O–H groups in total. The average Bonchev–Trinajstić information content (AvgIpc) is 3.30. The van der Waals surface area contributed by atoms with E-state index in [0.717, 1.165) is 116 Å². The molecule has 0 radical (unpaired) electrons. The van der Waals surface area contributed by atoms with E-state index >= 15 is 0 Å². The summed E-state index contributed by atoms with van der Waals surface area (Å²) in [6.45, 7) is 6.24. The van der Waals surface area contributed by atoms with Gasteiger partial charge in [-0.05, 0) is 103 Å². The van der Waals surface area contributed by atoms with Crippen LogP contribution < -0.4 is 0 Å². The van der Waals surface area contributed by atoms with E-state index in [1.54, 1.807) is 0 Å². The van der Waals surface area contributed by atoms with Crippen LogP contribution in [-0.2, 0) is 28.6 Å². The van der Waals surface area contributed by atoms with Crippen LogP contribution in [0.4, 0.5) is 0 Å². The number of hydrogen-bond donors (Lipinski definition) is 0. The molecule has 6 nitrogen and oxygen atoms in total. The van der Waals surface area contributed by atoms with Crippen molar-refractivity contribution >= 4 is 17.9 Å². The Labute approximate surface area is 397 Å². The number of ether oxygens (including phenoxy) is 3. The van der Waals surface area contributed by atoms with E-state index in [4.69, 9.17) is 14.2 Å². The lowest BCUT2D eigenvalue weighted by Crippen LogP contribution is -2.30. The Morgan fingerprint density at radius 2 is 0.677 bits per heavy atom. The van der Waals surface area contributed by atoms with Gasteiger partial charge in [-0.1, -0.05) is 212 Å². The van der Waals surface area contributed by atoms with Gasteiger partial charge in [0.2, 0.25) is 0 Å². The highest BCUT2D eigenvalue weighted by atomic mass is 16.6. The Kier molecular flexibility index (Phi) is 48.2. The van der Waals surface area contributed by atoms with Crippen molar-refractivity contribution in [2.75, 3.05) is 13.2 Å². The number of allylic oxidation sites excluding steroid dienone is 24. The lowest BCUT2D eigenvalue weighted by Gasteiger charge is -2.18. The number of rotatable bonds is 43. The molecule has 0 aliphatic heterocycles. The van der Waals surface area contributed by atoms with Gasteiger partial charge >= 0.3 is 17.9 Å². The molecule has 0 aliphatic rings. The second kappa shape index (κ2) is 51.9. The third kappa shape index (κ3) is 50.2. The van der Waals surface area contributed by atoms with Crippen molar-refractivity contribution in [2.45, 2.75) is 194 Å². The standard InChI is InChI=1S/C59H90O6/c1-4-7-10-13-16-19-22-24-26-28-29-31-32-34-37-40-43-46-49-52-58(61)64-55-56(54-63-57(60)51-48-45-42-39-36-21-18-15-12-9-6-3)65-59(62)53-50-47-44-41-38-35-33-30-27-25-23-20-17-14-11-8-5-2/h7-8,10-11,14-20,23-27,29-31,33-35,37-38,56H,4-6,9,12-13,21-22,28,32,36,39-55H2,1-3H3/b10-7-,11-8-,17-14-,18-15-,19-16-,23-20-,26-24-,27-25-,31-29-,33-30+,37-34-,38-35-. The zero-order chi connectivity index (χ0) is 47.2. The minimum atomic E-state index is -0.824. The van der Waals surface area contributed by atoms with Gasteiger partial charge in [-0.15, -0.1) is 0 Å². The molecule has 0 amide bonds. The first-order chi connectivity index (χ1) is 32.0. The number of carbonyl (C=O) groups excluding carboxylic acids is 3. The molecule has 362 valence electrons. The molecule has 0 bridgehead atoms. The maximum absolute atomic E-state index is 12.8. The molecule has 0 heterocycles. The normalized spacial score (nSPS) is 13.3. The van der Waals surface area contributed by atoms with Gasteiger partial charge in [0.1, 0.15) is 13.2 Å². The fraction of sp³-hybridized carbons (Fsp3) is 0.542. The second-order valence-corrected chi connectivity index (χ2v) is 16.1. The number of unbranched alkanes of at least 4 members (excludes halogenated alkanes) is 13. The van der Waals surface area contributed by atoms with Gasteiger partial charge < -0.3 is 14.2 Å². The first-order valence-corrected chi connectivity index (χ1v) is 25.4. The van der Waals surface area contributed by atoms with Gasteiger partial charge in [0.25, 0.3) is 0 Å². The van der Waals surface area contributed by atoms with Gasteiger partial charge in [0.15, 0.2) is 6.10 Å².